The fourth-order valence-electron chi connectivity index (χ4n) is 2.83. The fraction of sp³-hybridized carbons (Fsp3) is 0.933. The Morgan fingerprint density at radius 2 is 1.95 bits per heavy atom. The van der Waals surface area contributed by atoms with Gasteiger partial charge in [0.2, 0.25) is 5.91 Å². The first-order chi connectivity index (χ1) is 8.95. The van der Waals surface area contributed by atoms with Gasteiger partial charge in [-0.3, -0.25) is 4.79 Å². The predicted molar refractivity (Wildman–Crippen MR) is 80.0 cm³/mol. The van der Waals surface area contributed by atoms with Crippen molar-refractivity contribution in [1.29, 1.82) is 0 Å². The molecule has 1 rings (SSSR count). The summed E-state index contributed by atoms with van der Waals surface area (Å²) in [6.45, 7) is 8.77. The summed E-state index contributed by atoms with van der Waals surface area (Å²) in [5, 5.41) is 0. The molecule has 0 bridgehead atoms. The summed E-state index contributed by atoms with van der Waals surface area (Å²) in [4.78, 5) is 16.6. The van der Waals surface area contributed by atoms with E-state index in [1.165, 1.54) is 0 Å². The normalized spacial score (nSPS) is 19.7. The predicted octanol–water partition coefficient (Wildman–Crippen LogP) is 1.84. The van der Waals surface area contributed by atoms with Crippen molar-refractivity contribution in [3.05, 3.63) is 0 Å². The van der Waals surface area contributed by atoms with E-state index < -0.39 is 0 Å². The van der Waals surface area contributed by atoms with Gasteiger partial charge in [-0.1, -0.05) is 13.3 Å². The van der Waals surface area contributed by atoms with Crippen molar-refractivity contribution >= 4 is 5.91 Å². The van der Waals surface area contributed by atoms with Crippen molar-refractivity contribution in [2.45, 2.75) is 71.0 Å². The van der Waals surface area contributed by atoms with Crippen molar-refractivity contribution in [2.24, 2.45) is 5.73 Å². The van der Waals surface area contributed by atoms with Crippen molar-refractivity contribution in [3.63, 3.8) is 0 Å². The van der Waals surface area contributed by atoms with Gasteiger partial charge < -0.3 is 15.5 Å². The number of hydrogen-bond donors (Lipinski definition) is 1. The first-order valence-electron chi connectivity index (χ1n) is 7.71. The van der Waals surface area contributed by atoms with Crippen LogP contribution in [-0.4, -0.2) is 54.0 Å². The highest BCUT2D eigenvalue weighted by Crippen LogP contribution is 2.18. The van der Waals surface area contributed by atoms with Crippen LogP contribution in [-0.2, 0) is 4.79 Å². The molecular weight excluding hydrogens is 238 g/mol. The Hall–Kier alpha value is -0.610. The zero-order valence-corrected chi connectivity index (χ0v) is 13.1. The van der Waals surface area contributed by atoms with Crippen molar-refractivity contribution < 1.29 is 4.79 Å². The van der Waals surface area contributed by atoms with E-state index >= 15 is 0 Å². The van der Waals surface area contributed by atoms with Gasteiger partial charge in [-0.2, -0.15) is 0 Å². The maximum atomic E-state index is 12.2. The number of amides is 1. The molecule has 1 aliphatic rings. The van der Waals surface area contributed by atoms with E-state index in [0.717, 1.165) is 38.8 Å². The molecule has 112 valence electrons. The smallest absolute Gasteiger partial charge is 0.224 e. The molecule has 1 unspecified atom stereocenters. The molecule has 0 aromatic rings. The summed E-state index contributed by atoms with van der Waals surface area (Å²) in [7, 11) is 1.94. The van der Waals surface area contributed by atoms with Gasteiger partial charge >= 0.3 is 0 Å². The molecule has 1 atom stereocenters. The Morgan fingerprint density at radius 1 is 1.37 bits per heavy atom. The molecule has 0 spiro atoms. The second kappa shape index (κ2) is 7.85. The van der Waals surface area contributed by atoms with Gasteiger partial charge in [-0.15, -0.1) is 0 Å². The minimum absolute atomic E-state index is 0.0238. The standard InChI is InChI=1S/C15H31N3O/c1-5-6-13(16)11-15(19)17(4)14-7-9-18(10-8-14)12(2)3/h12-14H,5-11,16H2,1-4H3. The highest BCUT2D eigenvalue weighted by molar-refractivity contribution is 5.76. The molecule has 19 heavy (non-hydrogen) atoms. The third kappa shape index (κ3) is 5.11. The number of likely N-dealkylation sites (tertiary alicyclic amines) is 1. The maximum absolute atomic E-state index is 12.2. The van der Waals surface area contributed by atoms with E-state index in [9.17, 15) is 4.79 Å². The molecule has 0 aromatic heterocycles. The highest BCUT2D eigenvalue weighted by Gasteiger charge is 2.26. The molecule has 4 heteroatoms. The number of nitrogens with zero attached hydrogens (tertiary/aromatic N) is 2. The van der Waals surface area contributed by atoms with Gasteiger partial charge in [0.25, 0.3) is 0 Å². The highest BCUT2D eigenvalue weighted by atomic mass is 16.2. The lowest BCUT2D eigenvalue weighted by Crippen LogP contribution is -2.48. The third-order valence-corrected chi connectivity index (χ3v) is 4.27. The van der Waals surface area contributed by atoms with Crippen LogP contribution >= 0.6 is 0 Å². The minimum Gasteiger partial charge on any atom is -0.343 e. The molecule has 4 nitrogen and oxygen atoms in total. The summed E-state index contributed by atoms with van der Waals surface area (Å²) in [6, 6.07) is 1.03. The van der Waals surface area contributed by atoms with Crippen LogP contribution in [0.25, 0.3) is 0 Å². The van der Waals surface area contributed by atoms with Crippen LogP contribution in [0.15, 0.2) is 0 Å². The summed E-state index contributed by atoms with van der Waals surface area (Å²) < 4.78 is 0. The second-order valence-electron chi connectivity index (χ2n) is 6.12. The minimum atomic E-state index is 0.0238. The topological polar surface area (TPSA) is 49.6 Å². The molecule has 0 aromatic carbocycles. The zero-order valence-electron chi connectivity index (χ0n) is 13.1. The van der Waals surface area contributed by atoms with Crippen LogP contribution < -0.4 is 5.73 Å². The quantitative estimate of drug-likeness (QED) is 0.800. The molecule has 1 aliphatic heterocycles. The van der Waals surface area contributed by atoms with Gasteiger partial charge in [-0.25, -0.2) is 0 Å². The number of carbonyl (C=O) groups excluding carboxylic acids is 1. The van der Waals surface area contributed by atoms with Crippen LogP contribution in [0.3, 0.4) is 0 Å². The Morgan fingerprint density at radius 3 is 2.42 bits per heavy atom. The maximum Gasteiger partial charge on any atom is 0.224 e. The van der Waals surface area contributed by atoms with E-state index in [2.05, 4.69) is 25.7 Å². The lowest BCUT2D eigenvalue weighted by atomic mass is 10.0. The Balaban J connectivity index is 2.37. The van der Waals surface area contributed by atoms with Gasteiger partial charge in [0.15, 0.2) is 0 Å². The van der Waals surface area contributed by atoms with E-state index in [1.807, 2.05) is 11.9 Å². The number of piperidine rings is 1. The number of carbonyl (C=O) groups is 1. The SMILES string of the molecule is CCCC(N)CC(=O)N(C)C1CCN(C(C)C)CC1. The van der Waals surface area contributed by atoms with Crippen LogP contribution in [0.2, 0.25) is 0 Å². The number of rotatable bonds is 6. The second-order valence-corrected chi connectivity index (χ2v) is 6.12. The molecule has 0 saturated carbocycles. The van der Waals surface area contributed by atoms with Crippen LogP contribution in [0, 0.1) is 0 Å². The van der Waals surface area contributed by atoms with Crippen molar-refractivity contribution in [3.8, 4) is 0 Å². The molecule has 1 fully saturated rings. The first kappa shape index (κ1) is 16.4. The lowest BCUT2D eigenvalue weighted by Gasteiger charge is -2.38. The van der Waals surface area contributed by atoms with Gasteiger partial charge in [-0.05, 0) is 33.1 Å². The van der Waals surface area contributed by atoms with Gasteiger partial charge in [0.1, 0.15) is 0 Å². The van der Waals surface area contributed by atoms with Crippen molar-refractivity contribution in [1.82, 2.24) is 9.80 Å². The molecule has 1 heterocycles. The largest absolute Gasteiger partial charge is 0.343 e. The van der Waals surface area contributed by atoms with Gasteiger partial charge in [0.05, 0.1) is 0 Å². The van der Waals surface area contributed by atoms with E-state index in [1.54, 1.807) is 0 Å². The first-order valence-corrected chi connectivity index (χ1v) is 7.71. The number of hydrogen-bond acceptors (Lipinski definition) is 3. The molecule has 1 amide bonds. The van der Waals surface area contributed by atoms with E-state index in [-0.39, 0.29) is 11.9 Å². The Bertz CT molecular complexity index is 273. The van der Waals surface area contributed by atoms with Gasteiger partial charge in [0, 0.05) is 44.7 Å². The molecular formula is C15H31N3O. The summed E-state index contributed by atoms with van der Waals surface area (Å²) in [6.07, 6.45) is 4.65. The number of nitrogens with two attached hydrogens (primary N) is 1. The molecule has 2 N–H and O–H groups in total. The average Bonchev–Trinajstić information content (AvgIpc) is 2.38. The van der Waals surface area contributed by atoms with Crippen LogP contribution in [0.1, 0.15) is 52.9 Å². The van der Waals surface area contributed by atoms with E-state index in [0.29, 0.717) is 18.5 Å². The monoisotopic (exact) mass is 269 g/mol. The van der Waals surface area contributed by atoms with Crippen LogP contribution in [0.4, 0.5) is 0 Å². The average molecular weight is 269 g/mol. The lowest BCUT2D eigenvalue weighted by molar-refractivity contribution is -0.133. The molecule has 0 aliphatic carbocycles. The van der Waals surface area contributed by atoms with E-state index in [4.69, 9.17) is 5.73 Å². The molecule has 1 saturated heterocycles. The van der Waals surface area contributed by atoms with Crippen LogP contribution in [0.5, 0.6) is 0 Å². The summed E-state index contributed by atoms with van der Waals surface area (Å²) in [5.74, 6) is 0.212. The Kier molecular flexibility index (Phi) is 6.80. The summed E-state index contributed by atoms with van der Waals surface area (Å²) >= 11 is 0. The Labute approximate surface area is 118 Å². The van der Waals surface area contributed by atoms with Crippen molar-refractivity contribution in [2.75, 3.05) is 20.1 Å². The molecule has 0 radical (unpaired) electrons. The third-order valence-electron chi connectivity index (χ3n) is 4.27. The fourth-order valence-corrected chi connectivity index (χ4v) is 2.83. The summed E-state index contributed by atoms with van der Waals surface area (Å²) in [5.41, 5.74) is 5.96. The zero-order chi connectivity index (χ0) is 14.4.